The minimum Gasteiger partial charge on any atom is -0.303 e. The molecule has 1 N–H and O–H groups in total. The maximum Gasteiger partial charge on any atom is 0.328 e. The molecule has 5 aromatic rings. The fraction of sp³-hybridized carbons (Fsp3) is 0.182. The first kappa shape index (κ1) is 18.9. The second-order valence-corrected chi connectivity index (χ2v) is 7.52. The molecule has 0 fully saturated rings. The molecule has 1 aromatic carbocycles. The van der Waals surface area contributed by atoms with E-state index in [1.807, 2.05) is 36.4 Å². The van der Waals surface area contributed by atoms with Crippen LogP contribution in [0.4, 0.5) is 0 Å². The molecule has 0 aliphatic heterocycles. The lowest BCUT2D eigenvalue weighted by molar-refractivity contribution is 0.747. The van der Waals surface area contributed by atoms with Crippen molar-refractivity contribution in [1.29, 1.82) is 0 Å². The lowest BCUT2D eigenvalue weighted by Gasteiger charge is -2.10. The summed E-state index contributed by atoms with van der Waals surface area (Å²) in [6, 6.07) is 11.6. The SMILES string of the molecule is CC(C)c1ncccc1-c1ncc2[nH]c(=O)n(Cc3ccc(-n4nccn4)cc3)c2n1. The van der Waals surface area contributed by atoms with Gasteiger partial charge < -0.3 is 4.98 Å². The zero-order chi connectivity index (χ0) is 21.4. The van der Waals surface area contributed by atoms with Crippen molar-refractivity contribution >= 4 is 11.2 Å². The molecule has 9 nitrogen and oxygen atoms in total. The monoisotopic (exact) mass is 412 g/mol. The first-order chi connectivity index (χ1) is 15.1. The Labute approximate surface area is 177 Å². The van der Waals surface area contributed by atoms with E-state index >= 15 is 0 Å². The maximum atomic E-state index is 12.6. The van der Waals surface area contributed by atoms with Crippen LogP contribution in [0, 0.1) is 0 Å². The number of H-pyrrole nitrogens is 1. The number of nitrogens with one attached hydrogen (secondary N) is 1. The van der Waals surface area contributed by atoms with Crippen LogP contribution in [0.25, 0.3) is 28.2 Å². The van der Waals surface area contributed by atoms with Crippen molar-refractivity contribution in [2.75, 3.05) is 0 Å². The van der Waals surface area contributed by atoms with E-state index in [1.54, 1.807) is 34.2 Å². The highest BCUT2D eigenvalue weighted by atomic mass is 16.1. The molecule has 4 heterocycles. The molecule has 0 radical (unpaired) electrons. The molecule has 4 aromatic heterocycles. The summed E-state index contributed by atoms with van der Waals surface area (Å²) >= 11 is 0. The van der Waals surface area contributed by atoms with E-state index in [-0.39, 0.29) is 11.6 Å². The number of fused-ring (bicyclic) bond motifs is 1. The number of hydrogen-bond acceptors (Lipinski definition) is 6. The average molecular weight is 412 g/mol. The molecule has 0 saturated carbocycles. The van der Waals surface area contributed by atoms with Crippen molar-refractivity contribution in [2.45, 2.75) is 26.3 Å². The van der Waals surface area contributed by atoms with Crippen molar-refractivity contribution in [3.8, 4) is 17.1 Å². The summed E-state index contributed by atoms with van der Waals surface area (Å²) < 4.78 is 1.62. The molecule has 9 heteroatoms. The van der Waals surface area contributed by atoms with Crippen LogP contribution in [0.3, 0.4) is 0 Å². The maximum absolute atomic E-state index is 12.6. The van der Waals surface area contributed by atoms with E-state index in [0.717, 1.165) is 22.5 Å². The third-order valence-corrected chi connectivity index (χ3v) is 5.06. The van der Waals surface area contributed by atoms with Gasteiger partial charge in [0.1, 0.15) is 5.52 Å². The molecule has 0 unspecified atom stereocenters. The Bertz CT molecular complexity index is 1400. The van der Waals surface area contributed by atoms with Gasteiger partial charge in [-0.2, -0.15) is 15.0 Å². The highest BCUT2D eigenvalue weighted by Crippen LogP contribution is 2.25. The molecular formula is C22H20N8O. The van der Waals surface area contributed by atoms with Gasteiger partial charge in [0.2, 0.25) is 0 Å². The predicted molar refractivity (Wildman–Crippen MR) is 116 cm³/mol. The number of imidazole rings is 1. The minimum atomic E-state index is -0.227. The quantitative estimate of drug-likeness (QED) is 0.476. The van der Waals surface area contributed by atoms with Gasteiger partial charge in [-0.1, -0.05) is 26.0 Å². The summed E-state index contributed by atoms with van der Waals surface area (Å²) in [6.07, 6.45) is 6.68. The van der Waals surface area contributed by atoms with Crippen LogP contribution in [0.1, 0.15) is 31.0 Å². The molecule has 0 bridgehead atoms. The van der Waals surface area contributed by atoms with Crippen LogP contribution >= 0.6 is 0 Å². The molecule has 0 amide bonds. The van der Waals surface area contributed by atoms with Crippen molar-refractivity contribution < 1.29 is 0 Å². The Morgan fingerprint density at radius 2 is 1.77 bits per heavy atom. The van der Waals surface area contributed by atoms with E-state index < -0.39 is 0 Å². The summed E-state index contributed by atoms with van der Waals surface area (Å²) in [6.45, 7) is 4.55. The molecule has 0 atom stereocenters. The van der Waals surface area contributed by atoms with Crippen molar-refractivity contribution in [1.82, 2.24) is 39.5 Å². The third kappa shape index (κ3) is 3.50. The van der Waals surface area contributed by atoms with Gasteiger partial charge in [0.05, 0.1) is 36.5 Å². The standard InChI is InChI=1S/C22H20N8O/c1-14(2)19-17(4-3-9-23-19)20-24-12-18-21(28-20)29(22(31)27-18)13-15-5-7-16(8-6-15)30-25-10-11-26-30/h3-12,14H,13H2,1-2H3,(H,27,31). The van der Waals surface area contributed by atoms with Crippen LogP contribution in [0.15, 0.2) is 66.0 Å². The summed E-state index contributed by atoms with van der Waals surface area (Å²) in [7, 11) is 0. The molecule has 0 aliphatic carbocycles. The van der Waals surface area contributed by atoms with Crippen LogP contribution in [0.5, 0.6) is 0 Å². The number of pyridine rings is 1. The zero-order valence-corrected chi connectivity index (χ0v) is 17.1. The van der Waals surface area contributed by atoms with E-state index in [4.69, 9.17) is 4.98 Å². The van der Waals surface area contributed by atoms with Crippen LogP contribution in [-0.2, 0) is 6.54 Å². The number of hydrogen-bond donors (Lipinski definition) is 1. The summed E-state index contributed by atoms with van der Waals surface area (Å²) in [5.41, 5.74) is 4.54. The van der Waals surface area contributed by atoms with Gasteiger partial charge in [-0.25, -0.2) is 14.8 Å². The number of benzene rings is 1. The van der Waals surface area contributed by atoms with Gasteiger partial charge in [0, 0.05) is 11.8 Å². The zero-order valence-electron chi connectivity index (χ0n) is 17.1. The van der Waals surface area contributed by atoms with Gasteiger partial charge >= 0.3 is 5.69 Å². The summed E-state index contributed by atoms with van der Waals surface area (Å²) in [5.74, 6) is 0.781. The first-order valence-corrected chi connectivity index (χ1v) is 9.96. The fourth-order valence-corrected chi connectivity index (χ4v) is 3.56. The van der Waals surface area contributed by atoms with Crippen LogP contribution in [-0.4, -0.2) is 39.5 Å². The van der Waals surface area contributed by atoms with Crippen LogP contribution < -0.4 is 5.69 Å². The molecule has 0 saturated heterocycles. The molecule has 31 heavy (non-hydrogen) atoms. The van der Waals surface area contributed by atoms with Gasteiger partial charge in [-0.05, 0) is 35.7 Å². The Morgan fingerprint density at radius 1 is 1.00 bits per heavy atom. The van der Waals surface area contributed by atoms with Crippen molar-refractivity contribution in [3.63, 3.8) is 0 Å². The second-order valence-electron chi connectivity index (χ2n) is 7.52. The van der Waals surface area contributed by atoms with Gasteiger partial charge in [0.15, 0.2) is 11.5 Å². The number of aromatic amines is 1. The fourth-order valence-electron chi connectivity index (χ4n) is 3.56. The number of nitrogens with zero attached hydrogens (tertiary/aromatic N) is 7. The molecule has 5 rings (SSSR count). The Kier molecular flexibility index (Phi) is 4.62. The largest absolute Gasteiger partial charge is 0.328 e. The second kappa shape index (κ2) is 7.60. The first-order valence-electron chi connectivity index (χ1n) is 9.96. The lowest BCUT2D eigenvalue weighted by atomic mass is 10.0. The van der Waals surface area contributed by atoms with E-state index in [2.05, 4.69) is 39.0 Å². The van der Waals surface area contributed by atoms with Crippen molar-refractivity contribution in [3.05, 3.63) is 82.9 Å². The summed E-state index contributed by atoms with van der Waals surface area (Å²) in [5, 5.41) is 8.26. The molecular weight excluding hydrogens is 392 g/mol. The normalized spacial score (nSPS) is 11.5. The Morgan fingerprint density at radius 3 is 2.52 bits per heavy atom. The van der Waals surface area contributed by atoms with Gasteiger partial charge in [-0.3, -0.25) is 9.55 Å². The average Bonchev–Trinajstić information content (AvgIpc) is 3.43. The minimum absolute atomic E-state index is 0.227. The Hall–Kier alpha value is -4.14. The van der Waals surface area contributed by atoms with Gasteiger partial charge in [-0.15, -0.1) is 0 Å². The van der Waals surface area contributed by atoms with E-state index in [9.17, 15) is 4.79 Å². The number of rotatable bonds is 5. The Balaban J connectivity index is 1.53. The van der Waals surface area contributed by atoms with Crippen molar-refractivity contribution in [2.24, 2.45) is 0 Å². The lowest BCUT2D eigenvalue weighted by Crippen LogP contribution is -2.18. The molecule has 0 spiro atoms. The van der Waals surface area contributed by atoms with Crippen LogP contribution in [0.2, 0.25) is 0 Å². The smallest absolute Gasteiger partial charge is 0.303 e. The molecule has 154 valence electrons. The topological polar surface area (TPSA) is 107 Å². The number of aromatic nitrogens is 8. The van der Waals surface area contributed by atoms with E-state index in [1.165, 1.54) is 0 Å². The molecule has 0 aliphatic rings. The van der Waals surface area contributed by atoms with E-state index in [0.29, 0.717) is 23.5 Å². The third-order valence-electron chi connectivity index (χ3n) is 5.06. The highest BCUT2D eigenvalue weighted by molar-refractivity contribution is 5.73. The summed E-state index contributed by atoms with van der Waals surface area (Å²) in [4.78, 5) is 30.7. The highest BCUT2D eigenvalue weighted by Gasteiger charge is 2.15. The predicted octanol–water partition coefficient (Wildman–Crippen LogP) is 2.93. The van der Waals surface area contributed by atoms with Gasteiger partial charge in [0.25, 0.3) is 0 Å².